The molecule has 0 spiro atoms. The van der Waals surface area contributed by atoms with Crippen LogP contribution >= 0.6 is 0 Å². The summed E-state index contributed by atoms with van der Waals surface area (Å²) in [6.45, 7) is 0. The Morgan fingerprint density at radius 3 is 1.32 bits per heavy atom. The normalized spacial score (nSPS) is 11.5. The third kappa shape index (κ3) is 6.13. The summed E-state index contributed by atoms with van der Waals surface area (Å²) < 4.78 is 4.82. The van der Waals surface area contributed by atoms with E-state index in [9.17, 15) is 0 Å². The molecule has 0 N–H and O–H groups in total. The van der Waals surface area contributed by atoms with Gasteiger partial charge in [-0.05, 0) is 101 Å². The second-order valence-corrected chi connectivity index (χ2v) is 16.1. The van der Waals surface area contributed by atoms with Gasteiger partial charge < -0.3 is 14.0 Å². The molecule has 0 amide bonds. The third-order valence-electron chi connectivity index (χ3n) is 12.5. The molecule has 10 aromatic carbocycles. The van der Waals surface area contributed by atoms with E-state index in [2.05, 4.69) is 263 Å². The Kier molecular flexibility index (Phi) is 8.83. The average molecular weight is 804 g/mol. The van der Waals surface area contributed by atoms with Crippen molar-refractivity contribution < 1.29 is 0 Å². The van der Waals surface area contributed by atoms with Crippen LogP contribution in [0.1, 0.15) is 0 Å². The molecular formula is C60H41N3. The molecular weight excluding hydrogens is 763 g/mol. The minimum atomic E-state index is 1.08. The summed E-state index contributed by atoms with van der Waals surface area (Å²) in [6, 6.07) is 90.0. The maximum atomic E-state index is 2.43. The Labute approximate surface area is 366 Å². The highest BCUT2D eigenvalue weighted by atomic mass is 15.1. The maximum absolute atomic E-state index is 2.43. The number of aromatic nitrogens is 2. The fourth-order valence-electron chi connectivity index (χ4n) is 9.77. The van der Waals surface area contributed by atoms with Crippen molar-refractivity contribution in [2.24, 2.45) is 0 Å². The number of anilines is 3. The number of benzene rings is 10. The molecule has 12 aromatic rings. The lowest BCUT2D eigenvalue weighted by atomic mass is 9.98. The van der Waals surface area contributed by atoms with Crippen LogP contribution in [0.25, 0.3) is 88.4 Å². The van der Waals surface area contributed by atoms with Crippen molar-refractivity contribution in [3.63, 3.8) is 0 Å². The van der Waals surface area contributed by atoms with Crippen LogP contribution in [0.15, 0.2) is 249 Å². The number of hydrogen-bond acceptors (Lipinski definition) is 1. The van der Waals surface area contributed by atoms with Gasteiger partial charge in [0.05, 0.1) is 27.8 Å². The van der Waals surface area contributed by atoms with Crippen molar-refractivity contribution in [1.82, 2.24) is 9.13 Å². The van der Waals surface area contributed by atoms with E-state index < -0.39 is 0 Å². The molecule has 2 heterocycles. The number of nitrogens with zero attached hydrogens (tertiary/aromatic N) is 3. The number of hydrogen-bond donors (Lipinski definition) is 0. The SMILES string of the molecule is c1ccc(-c2ccccc2N(c2ccc(-c3cccc4c3c3ccccc3n4-c3ccccc3)cc2)c2ccc3c4c(-c5ccccc5)cccc4n(-c4ccccc4)c3c2)cc1. The first kappa shape index (κ1) is 36.5. The van der Waals surface area contributed by atoms with Gasteiger partial charge in [-0.1, -0.05) is 176 Å². The Morgan fingerprint density at radius 2 is 0.698 bits per heavy atom. The van der Waals surface area contributed by atoms with E-state index in [4.69, 9.17) is 0 Å². The van der Waals surface area contributed by atoms with E-state index in [0.29, 0.717) is 0 Å². The molecule has 2 aromatic heterocycles. The predicted molar refractivity (Wildman–Crippen MR) is 266 cm³/mol. The van der Waals surface area contributed by atoms with Crippen LogP contribution in [0.3, 0.4) is 0 Å². The van der Waals surface area contributed by atoms with Crippen molar-refractivity contribution in [1.29, 1.82) is 0 Å². The fourth-order valence-corrected chi connectivity index (χ4v) is 9.77. The summed E-state index contributed by atoms with van der Waals surface area (Å²) in [6.07, 6.45) is 0. The molecule has 0 fully saturated rings. The van der Waals surface area contributed by atoms with Crippen molar-refractivity contribution in [2.45, 2.75) is 0 Å². The van der Waals surface area contributed by atoms with Gasteiger partial charge >= 0.3 is 0 Å². The molecule has 0 aliphatic carbocycles. The monoisotopic (exact) mass is 803 g/mol. The van der Waals surface area contributed by atoms with Crippen molar-refractivity contribution in [2.75, 3.05) is 4.90 Å². The lowest BCUT2D eigenvalue weighted by Crippen LogP contribution is -2.11. The largest absolute Gasteiger partial charge is 0.310 e. The predicted octanol–water partition coefficient (Wildman–Crippen LogP) is 16.4. The molecule has 0 radical (unpaired) electrons. The van der Waals surface area contributed by atoms with Crippen LogP contribution in [0.4, 0.5) is 17.1 Å². The molecule has 296 valence electrons. The zero-order valence-electron chi connectivity index (χ0n) is 34.5. The van der Waals surface area contributed by atoms with Crippen LogP contribution in [-0.4, -0.2) is 9.13 Å². The number of fused-ring (bicyclic) bond motifs is 6. The second kappa shape index (κ2) is 15.3. The van der Waals surface area contributed by atoms with Crippen LogP contribution in [0.5, 0.6) is 0 Å². The molecule has 0 bridgehead atoms. The lowest BCUT2D eigenvalue weighted by molar-refractivity contribution is 1.18. The summed E-state index contributed by atoms with van der Waals surface area (Å²) in [7, 11) is 0. The van der Waals surface area contributed by atoms with Gasteiger partial charge in [-0.15, -0.1) is 0 Å². The van der Waals surface area contributed by atoms with Gasteiger partial charge in [0.2, 0.25) is 0 Å². The molecule has 0 aliphatic heterocycles. The zero-order chi connectivity index (χ0) is 41.7. The smallest absolute Gasteiger partial charge is 0.0562 e. The van der Waals surface area contributed by atoms with E-state index in [1.54, 1.807) is 0 Å². The molecule has 0 atom stereocenters. The fraction of sp³-hybridized carbons (Fsp3) is 0. The van der Waals surface area contributed by atoms with Gasteiger partial charge in [0.1, 0.15) is 0 Å². The molecule has 12 rings (SSSR count). The second-order valence-electron chi connectivity index (χ2n) is 16.1. The van der Waals surface area contributed by atoms with Gasteiger partial charge in [0.15, 0.2) is 0 Å². The minimum absolute atomic E-state index is 1.08. The summed E-state index contributed by atoms with van der Waals surface area (Å²) in [5.74, 6) is 0. The Bertz CT molecular complexity index is 3590. The van der Waals surface area contributed by atoms with E-state index >= 15 is 0 Å². The van der Waals surface area contributed by atoms with Gasteiger partial charge in [0, 0.05) is 49.9 Å². The molecule has 0 saturated heterocycles. The summed E-state index contributed by atoms with van der Waals surface area (Å²) in [5, 5.41) is 4.96. The highest BCUT2D eigenvalue weighted by molar-refractivity contribution is 6.17. The Hall–Kier alpha value is -8.40. The highest BCUT2D eigenvalue weighted by Crippen LogP contribution is 2.46. The first-order chi connectivity index (χ1) is 31.3. The first-order valence-electron chi connectivity index (χ1n) is 21.6. The summed E-state index contributed by atoms with van der Waals surface area (Å²) >= 11 is 0. The van der Waals surface area contributed by atoms with E-state index in [1.807, 2.05) is 0 Å². The van der Waals surface area contributed by atoms with Crippen LogP contribution in [0.2, 0.25) is 0 Å². The van der Waals surface area contributed by atoms with Gasteiger partial charge in [-0.25, -0.2) is 0 Å². The average Bonchev–Trinajstić information content (AvgIpc) is 3.88. The lowest BCUT2D eigenvalue weighted by Gasteiger charge is -2.28. The number of rotatable bonds is 8. The first-order valence-corrected chi connectivity index (χ1v) is 21.6. The summed E-state index contributed by atoms with van der Waals surface area (Å²) in [4.78, 5) is 2.43. The molecule has 0 aliphatic rings. The Balaban J connectivity index is 1.07. The van der Waals surface area contributed by atoms with E-state index in [1.165, 1.54) is 65.9 Å². The summed E-state index contributed by atoms with van der Waals surface area (Å²) in [5.41, 5.74) is 17.4. The standard InChI is InChI=1S/C60H41N3/c1-5-19-42(20-6-1)49-27-13-15-31-54(49)61(47-37-35-44(36-38-47)51-30-18-33-56-59(51)52-28-14-16-32-55(52)62(56)45-23-9-3-10-24-45)48-39-40-53-58(41-48)63(46-25-11-4-12-26-46)57-34-17-29-50(60(53)57)43-21-7-2-8-22-43/h1-41H. The molecule has 63 heavy (non-hydrogen) atoms. The van der Waals surface area contributed by atoms with E-state index in [0.717, 1.165) is 39.5 Å². The molecule has 0 unspecified atom stereocenters. The van der Waals surface area contributed by atoms with Crippen LogP contribution in [-0.2, 0) is 0 Å². The van der Waals surface area contributed by atoms with Gasteiger partial charge in [-0.3, -0.25) is 0 Å². The molecule has 3 nitrogen and oxygen atoms in total. The van der Waals surface area contributed by atoms with Crippen molar-refractivity contribution >= 4 is 60.7 Å². The minimum Gasteiger partial charge on any atom is -0.310 e. The van der Waals surface area contributed by atoms with Crippen molar-refractivity contribution in [3.8, 4) is 44.8 Å². The highest BCUT2D eigenvalue weighted by Gasteiger charge is 2.22. The van der Waals surface area contributed by atoms with Crippen LogP contribution in [0, 0.1) is 0 Å². The maximum Gasteiger partial charge on any atom is 0.0562 e. The molecule has 3 heteroatoms. The topological polar surface area (TPSA) is 13.1 Å². The molecule has 0 saturated carbocycles. The van der Waals surface area contributed by atoms with E-state index in [-0.39, 0.29) is 0 Å². The van der Waals surface area contributed by atoms with Crippen molar-refractivity contribution in [3.05, 3.63) is 249 Å². The van der Waals surface area contributed by atoms with Gasteiger partial charge in [0.25, 0.3) is 0 Å². The van der Waals surface area contributed by atoms with Crippen LogP contribution < -0.4 is 4.90 Å². The number of para-hydroxylation sites is 4. The van der Waals surface area contributed by atoms with Gasteiger partial charge in [-0.2, -0.15) is 0 Å². The quantitative estimate of drug-likeness (QED) is 0.149. The third-order valence-corrected chi connectivity index (χ3v) is 12.5. The Morgan fingerprint density at radius 1 is 0.270 bits per heavy atom. The zero-order valence-corrected chi connectivity index (χ0v) is 34.5.